The zero-order valence-corrected chi connectivity index (χ0v) is 9.63. The molecule has 17 heavy (non-hydrogen) atoms. The van der Waals surface area contributed by atoms with E-state index in [9.17, 15) is 4.79 Å². The maximum absolute atomic E-state index is 11.7. The van der Waals surface area contributed by atoms with E-state index in [4.69, 9.17) is 14.6 Å². The predicted octanol–water partition coefficient (Wildman–Crippen LogP) is 0.419. The number of nitrogens with zero attached hydrogens (tertiary/aromatic N) is 1. The van der Waals surface area contributed by atoms with Crippen LogP contribution in [0.5, 0.6) is 5.75 Å². The van der Waals surface area contributed by atoms with Gasteiger partial charge in [0.25, 0.3) is 5.91 Å². The Morgan fingerprint density at radius 2 is 2.41 bits per heavy atom. The first-order chi connectivity index (χ1) is 8.24. The molecule has 92 valence electrons. The molecule has 1 aliphatic heterocycles. The quantitative estimate of drug-likeness (QED) is 0.827. The number of anilines is 1. The molecule has 0 aliphatic carbocycles. The van der Waals surface area contributed by atoms with Crippen molar-refractivity contribution in [1.29, 1.82) is 0 Å². The van der Waals surface area contributed by atoms with Crippen molar-refractivity contribution in [1.82, 2.24) is 0 Å². The lowest BCUT2D eigenvalue weighted by molar-refractivity contribution is -0.130. The Bertz CT molecular complexity index is 407. The molecule has 0 bridgehead atoms. The number of rotatable bonds is 3. The fourth-order valence-corrected chi connectivity index (χ4v) is 1.76. The first-order valence-corrected chi connectivity index (χ1v) is 5.41. The minimum atomic E-state index is -0.320. The molecule has 1 atom stereocenters. The molecule has 1 fully saturated rings. The van der Waals surface area contributed by atoms with E-state index in [0.717, 1.165) is 5.69 Å². The fraction of sp³-hybridized carbons (Fsp3) is 0.417. The van der Waals surface area contributed by atoms with Gasteiger partial charge in [0.1, 0.15) is 12.4 Å². The van der Waals surface area contributed by atoms with Crippen LogP contribution in [0.4, 0.5) is 5.69 Å². The first kappa shape index (κ1) is 11.9. The number of morpholine rings is 1. The summed E-state index contributed by atoms with van der Waals surface area (Å²) in [5.41, 5.74) is 0.760. The van der Waals surface area contributed by atoms with Crippen LogP contribution in [0.2, 0.25) is 0 Å². The summed E-state index contributed by atoms with van der Waals surface area (Å²) >= 11 is 0. The number of benzene rings is 1. The summed E-state index contributed by atoms with van der Waals surface area (Å²) in [6, 6.07) is 7.26. The summed E-state index contributed by atoms with van der Waals surface area (Å²) < 4.78 is 10.3. The lowest BCUT2D eigenvalue weighted by atomic mass is 10.2. The molecule has 0 spiro atoms. The minimum Gasteiger partial charge on any atom is -0.497 e. The van der Waals surface area contributed by atoms with Crippen LogP contribution in [0.15, 0.2) is 24.3 Å². The summed E-state index contributed by atoms with van der Waals surface area (Å²) in [6.45, 7) is 0.276. The van der Waals surface area contributed by atoms with Crippen molar-refractivity contribution in [3.8, 4) is 5.75 Å². The maximum Gasteiger partial charge on any atom is 0.253 e. The molecule has 5 nitrogen and oxygen atoms in total. The monoisotopic (exact) mass is 237 g/mol. The third-order valence-corrected chi connectivity index (χ3v) is 2.70. The maximum atomic E-state index is 11.7. The second-order valence-electron chi connectivity index (χ2n) is 3.82. The molecule has 1 heterocycles. The Labute approximate surface area is 99.6 Å². The SMILES string of the molecule is COc1cccc(N2CC(CO)OCC2=O)c1. The van der Waals surface area contributed by atoms with Crippen LogP contribution in [0.1, 0.15) is 0 Å². The van der Waals surface area contributed by atoms with Crippen molar-refractivity contribution in [2.24, 2.45) is 0 Å². The van der Waals surface area contributed by atoms with E-state index in [2.05, 4.69) is 0 Å². The van der Waals surface area contributed by atoms with Crippen molar-refractivity contribution >= 4 is 11.6 Å². The van der Waals surface area contributed by atoms with Gasteiger partial charge in [-0.05, 0) is 12.1 Å². The highest BCUT2D eigenvalue weighted by Gasteiger charge is 2.26. The average Bonchev–Trinajstić information content (AvgIpc) is 2.39. The summed E-state index contributed by atoms with van der Waals surface area (Å²) in [5.74, 6) is 0.588. The number of aliphatic hydroxyl groups excluding tert-OH is 1. The molecule has 1 saturated heterocycles. The van der Waals surface area contributed by atoms with Crippen LogP contribution in [-0.2, 0) is 9.53 Å². The minimum absolute atomic E-state index is 0.00242. The van der Waals surface area contributed by atoms with Gasteiger partial charge in [0.05, 0.1) is 26.4 Å². The van der Waals surface area contributed by atoms with E-state index in [-0.39, 0.29) is 25.2 Å². The van der Waals surface area contributed by atoms with Gasteiger partial charge in [0.2, 0.25) is 0 Å². The molecule has 5 heteroatoms. The van der Waals surface area contributed by atoms with Crippen molar-refractivity contribution in [2.75, 3.05) is 31.8 Å². The summed E-state index contributed by atoms with van der Waals surface area (Å²) in [5, 5.41) is 9.06. The van der Waals surface area contributed by atoms with Gasteiger partial charge >= 0.3 is 0 Å². The van der Waals surface area contributed by atoms with Crippen LogP contribution in [-0.4, -0.2) is 44.0 Å². The van der Waals surface area contributed by atoms with Gasteiger partial charge in [-0.1, -0.05) is 6.07 Å². The van der Waals surface area contributed by atoms with Gasteiger partial charge in [0, 0.05) is 11.8 Å². The molecular formula is C12H15NO4. The van der Waals surface area contributed by atoms with Gasteiger partial charge in [-0.2, -0.15) is 0 Å². The number of carbonyl (C=O) groups is 1. The zero-order chi connectivity index (χ0) is 12.3. The second kappa shape index (κ2) is 5.16. The van der Waals surface area contributed by atoms with Gasteiger partial charge in [0.15, 0.2) is 0 Å². The van der Waals surface area contributed by atoms with E-state index in [1.165, 1.54) is 0 Å². The van der Waals surface area contributed by atoms with Crippen molar-refractivity contribution in [3.63, 3.8) is 0 Å². The third kappa shape index (κ3) is 2.57. The van der Waals surface area contributed by atoms with Gasteiger partial charge in [-0.3, -0.25) is 4.79 Å². The van der Waals surface area contributed by atoms with Crippen LogP contribution in [0.25, 0.3) is 0 Å². The highest BCUT2D eigenvalue weighted by atomic mass is 16.5. The Kier molecular flexibility index (Phi) is 3.61. The van der Waals surface area contributed by atoms with Crippen LogP contribution >= 0.6 is 0 Å². The van der Waals surface area contributed by atoms with Crippen LogP contribution < -0.4 is 9.64 Å². The zero-order valence-electron chi connectivity index (χ0n) is 9.63. The molecule has 1 amide bonds. The molecule has 1 aromatic carbocycles. The summed E-state index contributed by atoms with van der Waals surface area (Å²) in [7, 11) is 1.58. The largest absolute Gasteiger partial charge is 0.497 e. The number of methoxy groups -OCH3 is 1. The standard InChI is InChI=1S/C12H15NO4/c1-16-10-4-2-3-9(5-10)13-6-11(7-14)17-8-12(13)15/h2-5,11,14H,6-8H2,1H3. The molecule has 1 aliphatic rings. The Morgan fingerprint density at radius 1 is 1.59 bits per heavy atom. The highest BCUT2D eigenvalue weighted by Crippen LogP contribution is 2.23. The Morgan fingerprint density at radius 3 is 3.12 bits per heavy atom. The molecular weight excluding hydrogens is 222 g/mol. The van der Waals surface area contributed by atoms with E-state index in [1.54, 1.807) is 18.1 Å². The third-order valence-electron chi connectivity index (χ3n) is 2.70. The fourth-order valence-electron chi connectivity index (χ4n) is 1.76. The number of ether oxygens (including phenoxy) is 2. The van der Waals surface area contributed by atoms with Crippen LogP contribution in [0.3, 0.4) is 0 Å². The molecule has 0 aromatic heterocycles. The first-order valence-electron chi connectivity index (χ1n) is 5.41. The predicted molar refractivity (Wildman–Crippen MR) is 62.2 cm³/mol. The van der Waals surface area contributed by atoms with Crippen molar-refractivity contribution < 1.29 is 19.4 Å². The summed E-state index contributed by atoms with van der Waals surface area (Å²) in [4.78, 5) is 13.3. The van der Waals surface area contributed by atoms with E-state index >= 15 is 0 Å². The topological polar surface area (TPSA) is 59.0 Å². The van der Waals surface area contributed by atoms with Crippen LogP contribution in [0, 0.1) is 0 Å². The van der Waals surface area contributed by atoms with E-state index in [0.29, 0.717) is 12.3 Å². The molecule has 0 radical (unpaired) electrons. The number of aliphatic hydroxyl groups is 1. The molecule has 0 saturated carbocycles. The molecule has 1 N–H and O–H groups in total. The summed E-state index contributed by atoms with van der Waals surface area (Å²) in [6.07, 6.45) is -0.320. The highest BCUT2D eigenvalue weighted by molar-refractivity contribution is 5.95. The molecule has 1 aromatic rings. The second-order valence-corrected chi connectivity index (χ2v) is 3.82. The Hall–Kier alpha value is -1.59. The van der Waals surface area contributed by atoms with Crippen molar-refractivity contribution in [3.05, 3.63) is 24.3 Å². The average molecular weight is 237 g/mol. The Balaban J connectivity index is 2.21. The van der Waals surface area contributed by atoms with Gasteiger partial charge < -0.3 is 19.5 Å². The number of carbonyl (C=O) groups excluding carboxylic acids is 1. The lowest BCUT2D eigenvalue weighted by Crippen LogP contribution is -2.48. The molecule has 2 rings (SSSR count). The van der Waals surface area contributed by atoms with Gasteiger partial charge in [-0.15, -0.1) is 0 Å². The van der Waals surface area contributed by atoms with Crippen molar-refractivity contribution in [2.45, 2.75) is 6.10 Å². The van der Waals surface area contributed by atoms with E-state index < -0.39 is 0 Å². The normalized spacial score (nSPS) is 20.5. The smallest absolute Gasteiger partial charge is 0.253 e. The number of hydrogen-bond donors (Lipinski definition) is 1. The molecule has 1 unspecified atom stereocenters. The lowest BCUT2D eigenvalue weighted by Gasteiger charge is -2.32. The number of amides is 1. The van der Waals surface area contributed by atoms with Gasteiger partial charge in [-0.25, -0.2) is 0 Å². The number of hydrogen-bond acceptors (Lipinski definition) is 4. The van der Waals surface area contributed by atoms with E-state index in [1.807, 2.05) is 18.2 Å².